The zero-order valence-electron chi connectivity index (χ0n) is 10.8. The molecule has 6 nitrogen and oxygen atoms in total. The molecule has 2 aliphatic rings. The number of hydrogen-bond acceptors (Lipinski definition) is 5. The number of nitriles is 2. The molecule has 0 bridgehead atoms. The van der Waals surface area contributed by atoms with Crippen molar-refractivity contribution >= 4 is 5.84 Å². The maximum atomic E-state index is 9.57. The molecule has 1 fully saturated rings. The van der Waals surface area contributed by atoms with Gasteiger partial charge in [-0.25, -0.2) is 4.99 Å². The first-order chi connectivity index (χ1) is 8.53. The van der Waals surface area contributed by atoms with E-state index in [1.54, 1.807) is 0 Å². The van der Waals surface area contributed by atoms with Crippen molar-refractivity contribution in [1.82, 2.24) is 0 Å². The summed E-state index contributed by atoms with van der Waals surface area (Å²) in [6.07, 6.45) is 0. The van der Waals surface area contributed by atoms with E-state index in [2.05, 4.69) is 17.1 Å². The summed E-state index contributed by atoms with van der Waals surface area (Å²) >= 11 is 0. The molecular formula is C12H17N4O2+. The Bertz CT molecular complexity index is 483. The smallest absolute Gasteiger partial charge is 0.314 e. The molecule has 1 heterocycles. The van der Waals surface area contributed by atoms with Crippen molar-refractivity contribution in [2.75, 3.05) is 13.2 Å². The molecule has 96 valence electrons. The van der Waals surface area contributed by atoms with Crippen LogP contribution in [-0.4, -0.2) is 25.0 Å². The molecule has 2 rings (SSSR count). The number of fused-ring (bicyclic) bond motifs is 1. The van der Waals surface area contributed by atoms with E-state index in [4.69, 9.17) is 15.2 Å². The van der Waals surface area contributed by atoms with Crippen LogP contribution in [0.3, 0.4) is 0 Å². The first-order valence-electron chi connectivity index (χ1n) is 6.04. The molecule has 18 heavy (non-hydrogen) atoms. The van der Waals surface area contributed by atoms with Gasteiger partial charge in [-0.05, 0) is 13.8 Å². The molecule has 1 aliphatic carbocycles. The van der Waals surface area contributed by atoms with Crippen molar-refractivity contribution in [2.45, 2.75) is 26.7 Å². The van der Waals surface area contributed by atoms with Crippen molar-refractivity contribution in [3.05, 3.63) is 0 Å². The summed E-state index contributed by atoms with van der Waals surface area (Å²) in [7, 11) is 0. The SMILES string of the molecule is CCOC1(OCC)[NH+]=C(N)[C@@]2(C#N)[C@@H](C)[C@@]12C#N. The van der Waals surface area contributed by atoms with Crippen LogP contribution in [0.4, 0.5) is 0 Å². The number of amidine groups is 1. The molecule has 0 spiro atoms. The van der Waals surface area contributed by atoms with Crippen LogP contribution >= 0.6 is 0 Å². The Hall–Kier alpha value is -1.63. The first-order valence-corrected chi connectivity index (χ1v) is 6.04. The summed E-state index contributed by atoms with van der Waals surface area (Å²) in [5, 5.41) is 19.0. The average Bonchev–Trinajstić information content (AvgIpc) is 2.82. The van der Waals surface area contributed by atoms with Crippen LogP contribution < -0.4 is 10.7 Å². The van der Waals surface area contributed by atoms with Crippen molar-refractivity contribution in [3.63, 3.8) is 0 Å². The zero-order chi connectivity index (χ0) is 13.6. The van der Waals surface area contributed by atoms with Gasteiger partial charge in [0.25, 0.3) is 5.84 Å². The zero-order valence-corrected chi connectivity index (χ0v) is 10.8. The van der Waals surface area contributed by atoms with Crippen LogP contribution in [0.1, 0.15) is 20.8 Å². The molecule has 0 radical (unpaired) electrons. The van der Waals surface area contributed by atoms with Crippen LogP contribution in [0.25, 0.3) is 0 Å². The topological polar surface area (TPSA) is 106 Å². The lowest BCUT2D eigenvalue weighted by Crippen LogP contribution is -2.91. The minimum atomic E-state index is -1.31. The van der Waals surface area contributed by atoms with Crippen LogP contribution in [0.15, 0.2) is 0 Å². The fourth-order valence-corrected chi connectivity index (χ4v) is 3.28. The number of nitrogens with two attached hydrogens (primary N) is 1. The van der Waals surface area contributed by atoms with Gasteiger partial charge in [-0.15, -0.1) is 0 Å². The van der Waals surface area contributed by atoms with Crippen LogP contribution in [0.5, 0.6) is 0 Å². The van der Waals surface area contributed by atoms with E-state index in [0.29, 0.717) is 13.2 Å². The molecular weight excluding hydrogens is 232 g/mol. The lowest BCUT2D eigenvalue weighted by Gasteiger charge is -2.28. The molecule has 0 aromatic carbocycles. The van der Waals surface area contributed by atoms with Gasteiger partial charge in [0.15, 0.2) is 10.8 Å². The highest BCUT2D eigenvalue weighted by molar-refractivity contribution is 5.93. The van der Waals surface area contributed by atoms with Crippen molar-refractivity contribution < 1.29 is 14.5 Å². The Kier molecular flexibility index (Phi) is 2.62. The summed E-state index contributed by atoms with van der Waals surface area (Å²) in [6, 6.07) is 4.38. The monoisotopic (exact) mass is 249 g/mol. The van der Waals surface area contributed by atoms with Gasteiger partial charge in [0.1, 0.15) is 0 Å². The van der Waals surface area contributed by atoms with Gasteiger partial charge in [-0.2, -0.15) is 10.5 Å². The number of rotatable bonds is 4. The summed E-state index contributed by atoms with van der Waals surface area (Å²) < 4.78 is 11.3. The fourth-order valence-electron chi connectivity index (χ4n) is 3.28. The normalized spacial score (nSPS) is 39.4. The molecule has 0 aromatic rings. The minimum absolute atomic E-state index is 0.223. The molecule has 0 aromatic heterocycles. The van der Waals surface area contributed by atoms with E-state index in [1.807, 2.05) is 20.8 Å². The summed E-state index contributed by atoms with van der Waals surface area (Å²) in [4.78, 5) is 2.89. The van der Waals surface area contributed by atoms with Gasteiger partial charge in [-0.1, -0.05) is 6.92 Å². The van der Waals surface area contributed by atoms with Crippen LogP contribution in [0, 0.1) is 39.4 Å². The van der Waals surface area contributed by atoms with E-state index < -0.39 is 16.7 Å². The van der Waals surface area contributed by atoms with Crippen molar-refractivity contribution in [2.24, 2.45) is 22.5 Å². The van der Waals surface area contributed by atoms with E-state index in [1.165, 1.54) is 0 Å². The van der Waals surface area contributed by atoms with Gasteiger partial charge in [0.05, 0.1) is 25.4 Å². The third-order valence-electron chi connectivity index (χ3n) is 4.13. The van der Waals surface area contributed by atoms with E-state index in [9.17, 15) is 10.5 Å². The highest BCUT2D eigenvalue weighted by Gasteiger charge is 2.95. The quantitative estimate of drug-likeness (QED) is 0.611. The lowest BCUT2D eigenvalue weighted by atomic mass is 9.94. The van der Waals surface area contributed by atoms with Gasteiger partial charge in [0.2, 0.25) is 0 Å². The van der Waals surface area contributed by atoms with Crippen LogP contribution in [-0.2, 0) is 9.47 Å². The van der Waals surface area contributed by atoms with Gasteiger partial charge in [-0.3, -0.25) is 5.73 Å². The standard InChI is InChI=1S/C12H16N4O2/c1-4-17-12(18-5-2)11(7-14)8(3)10(11,6-13)9(15)16-12/h8H,4-5H2,1-3H3,(H2,15,16)/p+1/t8-,10-,11-/m1/s1. The predicted octanol–water partition coefficient (Wildman–Crippen LogP) is -1.17. The molecule has 1 aliphatic heterocycles. The van der Waals surface area contributed by atoms with Gasteiger partial charge < -0.3 is 9.47 Å². The minimum Gasteiger partial charge on any atom is -0.314 e. The lowest BCUT2D eigenvalue weighted by molar-refractivity contribution is -0.693. The van der Waals surface area contributed by atoms with E-state index in [0.717, 1.165) is 0 Å². The highest BCUT2D eigenvalue weighted by atomic mass is 16.7. The Morgan fingerprint density at radius 2 is 1.83 bits per heavy atom. The summed E-state index contributed by atoms with van der Waals surface area (Å²) in [6.45, 7) is 6.16. The average molecular weight is 249 g/mol. The molecule has 1 saturated carbocycles. The third kappa shape index (κ3) is 0.973. The van der Waals surface area contributed by atoms with E-state index >= 15 is 0 Å². The predicted molar refractivity (Wildman–Crippen MR) is 61.4 cm³/mol. The molecule has 6 heteroatoms. The second-order valence-electron chi connectivity index (χ2n) is 4.58. The summed E-state index contributed by atoms with van der Waals surface area (Å²) in [5.74, 6) is -1.27. The highest BCUT2D eigenvalue weighted by Crippen LogP contribution is 2.73. The van der Waals surface area contributed by atoms with E-state index in [-0.39, 0.29) is 11.8 Å². The number of ether oxygens (including phenoxy) is 2. The summed E-state index contributed by atoms with van der Waals surface area (Å²) in [5.41, 5.74) is 3.82. The Morgan fingerprint density at radius 3 is 2.17 bits per heavy atom. The second kappa shape index (κ2) is 3.68. The van der Waals surface area contributed by atoms with Crippen molar-refractivity contribution in [1.29, 1.82) is 10.5 Å². The Labute approximate surface area is 106 Å². The molecule has 3 atom stereocenters. The van der Waals surface area contributed by atoms with Gasteiger partial charge in [0, 0.05) is 5.92 Å². The van der Waals surface area contributed by atoms with Crippen molar-refractivity contribution in [3.8, 4) is 12.1 Å². The first kappa shape index (κ1) is 12.8. The Morgan fingerprint density at radius 1 is 1.28 bits per heavy atom. The fraction of sp³-hybridized carbons (Fsp3) is 0.750. The largest absolute Gasteiger partial charge is 0.342 e. The van der Waals surface area contributed by atoms with Gasteiger partial charge >= 0.3 is 5.91 Å². The maximum absolute atomic E-state index is 9.57. The Balaban J connectivity index is 2.58. The molecule has 0 unspecified atom stereocenters. The molecule has 3 N–H and O–H groups in total. The molecule has 0 saturated heterocycles. The maximum Gasteiger partial charge on any atom is 0.342 e. The van der Waals surface area contributed by atoms with Crippen LogP contribution in [0.2, 0.25) is 0 Å². The number of hydrogen-bond donors (Lipinski definition) is 2. The molecule has 0 amide bonds. The second-order valence-corrected chi connectivity index (χ2v) is 4.58. The number of nitrogens with zero attached hydrogens (tertiary/aromatic N) is 2. The third-order valence-corrected chi connectivity index (χ3v) is 4.13. The number of nitrogens with one attached hydrogen (secondary N) is 1.